The third-order valence-corrected chi connectivity index (χ3v) is 3.01. The highest BCUT2D eigenvalue weighted by molar-refractivity contribution is 6.29. The smallest absolute Gasteiger partial charge is 0.157 e. The van der Waals surface area contributed by atoms with Crippen LogP contribution in [0.4, 0.5) is 0 Å². The molecule has 4 nitrogen and oxygen atoms in total. The largest absolute Gasteiger partial charge is 0.379 e. The molecular weight excluding hydrogens is 214 g/mol. The molecule has 0 saturated carbocycles. The lowest BCUT2D eigenvalue weighted by atomic mass is 9.81. The van der Waals surface area contributed by atoms with Gasteiger partial charge in [0.1, 0.15) is 5.15 Å². The number of nitrogens with zero attached hydrogens (tertiary/aromatic N) is 3. The summed E-state index contributed by atoms with van der Waals surface area (Å²) in [6, 6.07) is 1.88. The molecule has 0 N–H and O–H groups in total. The average Bonchev–Trinajstić information content (AvgIpc) is 2.60. The van der Waals surface area contributed by atoms with Crippen LogP contribution in [0, 0.1) is 0 Å². The lowest BCUT2D eigenvalue weighted by Gasteiger charge is -2.38. The van der Waals surface area contributed by atoms with Crippen LogP contribution in [0.15, 0.2) is 18.5 Å². The second kappa shape index (κ2) is 2.93. The minimum absolute atomic E-state index is 0.0270. The van der Waals surface area contributed by atoms with Crippen LogP contribution in [0.1, 0.15) is 12.5 Å². The van der Waals surface area contributed by atoms with Crippen molar-refractivity contribution in [2.45, 2.75) is 12.3 Å². The number of rotatable bonds is 1. The van der Waals surface area contributed by atoms with Crippen molar-refractivity contribution in [3.8, 4) is 0 Å². The predicted molar refractivity (Wildman–Crippen MR) is 56.2 cm³/mol. The molecule has 0 aromatic carbocycles. The van der Waals surface area contributed by atoms with Gasteiger partial charge in [0.15, 0.2) is 5.65 Å². The quantitative estimate of drug-likeness (QED) is 0.738. The van der Waals surface area contributed by atoms with Crippen molar-refractivity contribution >= 4 is 17.2 Å². The molecule has 2 aromatic rings. The zero-order chi connectivity index (χ0) is 10.5. The molecule has 0 atom stereocenters. The maximum Gasteiger partial charge on any atom is 0.157 e. The number of ether oxygens (including phenoxy) is 1. The van der Waals surface area contributed by atoms with E-state index in [1.807, 2.05) is 6.07 Å². The molecule has 3 rings (SSSR count). The Morgan fingerprint density at radius 1 is 1.53 bits per heavy atom. The van der Waals surface area contributed by atoms with Crippen molar-refractivity contribution in [2.75, 3.05) is 13.2 Å². The molecule has 0 aliphatic carbocycles. The van der Waals surface area contributed by atoms with E-state index < -0.39 is 0 Å². The Balaban J connectivity index is 2.28. The van der Waals surface area contributed by atoms with Gasteiger partial charge in [0.05, 0.1) is 13.2 Å². The van der Waals surface area contributed by atoms with E-state index in [2.05, 4.69) is 17.0 Å². The van der Waals surface area contributed by atoms with Gasteiger partial charge in [0.2, 0.25) is 0 Å². The number of halogens is 1. The molecular formula is C10H10ClN3O. The van der Waals surface area contributed by atoms with Gasteiger partial charge < -0.3 is 4.74 Å². The molecule has 1 saturated heterocycles. The van der Waals surface area contributed by atoms with Crippen molar-refractivity contribution in [1.29, 1.82) is 0 Å². The third-order valence-electron chi connectivity index (χ3n) is 2.82. The molecule has 1 aliphatic heterocycles. The Morgan fingerprint density at radius 3 is 3.00 bits per heavy atom. The Morgan fingerprint density at radius 2 is 2.33 bits per heavy atom. The van der Waals surface area contributed by atoms with E-state index in [1.165, 1.54) is 0 Å². The van der Waals surface area contributed by atoms with Gasteiger partial charge in [0, 0.05) is 23.4 Å². The molecule has 15 heavy (non-hydrogen) atoms. The predicted octanol–water partition coefficient (Wildman–Crippen LogP) is 1.67. The fraction of sp³-hybridized carbons (Fsp3) is 0.400. The molecule has 0 bridgehead atoms. The first-order valence-electron chi connectivity index (χ1n) is 4.77. The van der Waals surface area contributed by atoms with E-state index in [-0.39, 0.29) is 5.41 Å². The molecule has 1 fully saturated rings. The van der Waals surface area contributed by atoms with Crippen molar-refractivity contribution in [3.05, 3.63) is 29.2 Å². The van der Waals surface area contributed by atoms with E-state index in [0.29, 0.717) is 5.15 Å². The average molecular weight is 224 g/mol. The van der Waals surface area contributed by atoms with Crippen LogP contribution in [0.2, 0.25) is 5.15 Å². The number of aromatic nitrogens is 3. The maximum atomic E-state index is 5.97. The van der Waals surface area contributed by atoms with Crippen LogP contribution in [0.25, 0.3) is 5.65 Å². The molecule has 5 heteroatoms. The number of imidazole rings is 1. The summed E-state index contributed by atoms with van der Waals surface area (Å²) >= 11 is 5.97. The summed E-state index contributed by atoms with van der Waals surface area (Å²) in [5.41, 5.74) is 2.00. The highest BCUT2D eigenvalue weighted by Gasteiger charge is 2.37. The highest BCUT2D eigenvalue weighted by atomic mass is 35.5. The number of hydrogen-bond donors (Lipinski definition) is 0. The monoisotopic (exact) mass is 223 g/mol. The summed E-state index contributed by atoms with van der Waals surface area (Å²) < 4.78 is 6.97. The van der Waals surface area contributed by atoms with E-state index in [1.54, 1.807) is 16.9 Å². The SMILES string of the molecule is CC1(c2cc(Cl)nn3ccnc23)COC1. The fourth-order valence-electron chi connectivity index (χ4n) is 1.89. The Labute approximate surface area is 91.8 Å². The molecule has 3 heterocycles. The van der Waals surface area contributed by atoms with Gasteiger partial charge in [0.25, 0.3) is 0 Å². The first kappa shape index (κ1) is 9.12. The van der Waals surface area contributed by atoms with Gasteiger partial charge in [-0.25, -0.2) is 9.50 Å². The van der Waals surface area contributed by atoms with Crippen LogP contribution < -0.4 is 0 Å². The molecule has 1 aliphatic rings. The van der Waals surface area contributed by atoms with E-state index in [9.17, 15) is 0 Å². The third kappa shape index (κ3) is 1.25. The fourth-order valence-corrected chi connectivity index (χ4v) is 2.08. The first-order valence-corrected chi connectivity index (χ1v) is 5.15. The van der Waals surface area contributed by atoms with E-state index in [4.69, 9.17) is 16.3 Å². The second-order valence-corrected chi connectivity index (χ2v) is 4.52. The minimum atomic E-state index is 0.0270. The summed E-state index contributed by atoms with van der Waals surface area (Å²) in [7, 11) is 0. The van der Waals surface area contributed by atoms with Gasteiger partial charge in [-0.2, -0.15) is 5.10 Å². The Hall–Kier alpha value is -1.13. The molecule has 0 amide bonds. The Bertz CT molecular complexity index is 518. The maximum absolute atomic E-state index is 5.97. The van der Waals surface area contributed by atoms with Crippen molar-refractivity contribution in [1.82, 2.24) is 14.6 Å². The van der Waals surface area contributed by atoms with Crippen molar-refractivity contribution in [2.24, 2.45) is 0 Å². The van der Waals surface area contributed by atoms with Gasteiger partial charge in [-0.1, -0.05) is 18.5 Å². The van der Waals surface area contributed by atoms with Crippen LogP contribution in [-0.2, 0) is 10.2 Å². The Kier molecular flexibility index (Phi) is 1.78. The number of fused-ring (bicyclic) bond motifs is 1. The van der Waals surface area contributed by atoms with E-state index in [0.717, 1.165) is 24.4 Å². The molecule has 0 unspecified atom stereocenters. The summed E-state index contributed by atoms with van der Waals surface area (Å²) in [6.07, 6.45) is 3.53. The summed E-state index contributed by atoms with van der Waals surface area (Å²) in [4.78, 5) is 4.29. The molecule has 0 spiro atoms. The van der Waals surface area contributed by atoms with Crippen molar-refractivity contribution < 1.29 is 4.74 Å². The first-order chi connectivity index (χ1) is 7.19. The molecule has 2 aromatic heterocycles. The van der Waals surface area contributed by atoms with Gasteiger partial charge in [-0.15, -0.1) is 0 Å². The topological polar surface area (TPSA) is 39.4 Å². The lowest BCUT2D eigenvalue weighted by Crippen LogP contribution is -2.44. The zero-order valence-electron chi connectivity index (χ0n) is 8.27. The zero-order valence-corrected chi connectivity index (χ0v) is 9.03. The van der Waals surface area contributed by atoms with Gasteiger partial charge >= 0.3 is 0 Å². The second-order valence-electron chi connectivity index (χ2n) is 4.13. The van der Waals surface area contributed by atoms with E-state index >= 15 is 0 Å². The van der Waals surface area contributed by atoms with Crippen LogP contribution in [0.5, 0.6) is 0 Å². The standard InChI is InChI=1S/C10H10ClN3O/c1-10(5-15-6-10)7-4-8(11)13-14-3-2-12-9(7)14/h2-4H,5-6H2,1H3. The van der Waals surface area contributed by atoms with Crippen molar-refractivity contribution in [3.63, 3.8) is 0 Å². The molecule has 0 radical (unpaired) electrons. The van der Waals surface area contributed by atoms with Crippen LogP contribution >= 0.6 is 11.6 Å². The summed E-state index contributed by atoms with van der Waals surface area (Å²) in [6.45, 7) is 3.59. The van der Waals surface area contributed by atoms with Gasteiger partial charge in [-0.3, -0.25) is 0 Å². The highest BCUT2D eigenvalue weighted by Crippen LogP contribution is 2.34. The number of hydrogen-bond acceptors (Lipinski definition) is 3. The van der Waals surface area contributed by atoms with Gasteiger partial charge in [-0.05, 0) is 6.07 Å². The summed E-state index contributed by atoms with van der Waals surface area (Å²) in [5.74, 6) is 0. The normalized spacial score (nSPS) is 19.1. The van der Waals surface area contributed by atoms with Crippen LogP contribution in [-0.4, -0.2) is 27.8 Å². The molecule has 78 valence electrons. The lowest BCUT2D eigenvalue weighted by molar-refractivity contribution is -0.0495. The minimum Gasteiger partial charge on any atom is -0.379 e. The van der Waals surface area contributed by atoms with Crippen LogP contribution in [0.3, 0.4) is 0 Å². The summed E-state index contributed by atoms with van der Waals surface area (Å²) in [5, 5.41) is 4.64.